The molecule has 0 spiro atoms. The van der Waals surface area contributed by atoms with Crippen molar-refractivity contribution in [1.29, 1.82) is 0 Å². The van der Waals surface area contributed by atoms with Gasteiger partial charge < -0.3 is 4.74 Å². The van der Waals surface area contributed by atoms with Gasteiger partial charge in [-0.25, -0.2) is 0 Å². The second-order valence-corrected chi connectivity index (χ2v) is 7.90. The van der Waals surface area contributed by atoms with Crippen LogP contribution in [0.4, 0.5) is 0 Å². The lowest BCUT2D eigenvalue weighted by Crippen LogP contribution is -2.39. The fourth-order valence-corrected chi connectivity index (χ4v) is 5.39. The van der Waals surface area contributed by atoms with Gasteiger partial charge in [0, 0.05) is 12.3 Å². The van der Waals surface area contributed by atoms with Crippen LogP contribution < -0.4 is 0 Å². The van der Waals surface area contributed by atoms with Gasteiger partial charge in [0.15, 0.2) is 0 Å². The lowest BCUT2D eigenvalue weighted by molar-refractivity contribution is -0.152. The first-order chi connectivity index (χ1) is 12.0. The summed E-state index contributed by atoms with van der Waals surface area (Å²) < 4.78 is 5.69. The SMILES string of the molecule is CC.CC(=O)O[C@H]1CCC2C3=C(CC[C@@]21C)c1ccc(C)cc1CC3. The monoisotopic (exact) mass is 340 g/mol. The van der Waals surface area contributed by atoms with Crippen LogP contribution in [-0.2, 0) is 16.0 Å². The Morgan fingerprint density at radius 2 is 1.92 bits per heavy atom. The first-order valence-electron chi connectivity index (χ1n) is 9.98. The van der Waals surface area contributed by atoms with Crippen molar-refractivity contribution in [3.05, 3.63) is 40.5 Å². The van der Waals surface area contributed by atoms with Gasteiger partial charge in [0.05, 0.1) is 0 Å². The average Bonchev–Trinajstić information content (AvgIpc) is 2.92. The largest absolute Gasteiger partial charge is 0.462 e. The Bertz CT molecular complexity index is 700. The van der Waals surface area contributed by atoms with Crippen molar-refractivity contribution < 1.29 is 9.53 Å². The molecule has 2 heteroatoms. The molecule has 0 amide bonds. The lowest BCUT2D eigenvalue weighted by atomic mass is 9.62. The summed E-state index contributed by atoms with van der Waals surface area (Å²) in [4.78, 5) is 11.5. The Morgan fingerprint density at radius 3 is 2.64 bits per heavy atom. The molecule has 0 saturated heterocycles. The summed E-state index contributed by atoms with van der Waals surface area (Å²) in [6.45, 7) is 10.1. The normalized spacial score (nSPS) is 29.8. The summed E-state index contributed by atoms with van der Waals surface area (Å²) in [7, 11) is 0. The second kappa shape index (κ2) is 6.97. The molecule has 25 heavy (non-hydrogen) atoms. The third kappa shape index (κ3) is 3.05. The first-order valence-corrected chi connectivity index (χ1v) is 9.98. The minimum atomic E-state index is -0.124. The topological polar surface area (TPSA) is 26.3 Å². The Hall–Kier alpha value is -1.57. The Balaban J connectivity index is 0.000000880. The van der Waals surface area contributed by atoms with Crippen molar-refractivity contribution in [2.45, 2.75) is 79.2 Å². The van der Waals surface area contributed by atoms with Gasteiger partial charge in [0.25, 0.3) is 0 Å². The van der Waals surface area contributed by atoms with Gasteiger partial charge in [-0.2, -0.15) is 0 Å². The van der Waals surface area contributed by atoms with Crippen LogP contribution in [0, 0.1) is 18.3 Å². The van der Waals surface area contributed by atoms with E-state index in [1.807, 2.05) is 13.8 Å². The van der Waals surface area contributed by atoms with E-state index in [9.17, 15) is 4.79 Å². The van der Waals surface area contributed by atoms with Crippen molar-refractivity contribution in [2.75, 3.05) is 0 Å². The maximum Gasteiger partial charge on any atom is 0.302 e. The fourth-order valence-electron chi connectivity index (χ4n) is 5.39. The van der Waals surface area contributed by atoms with Crippen LogP contribution in [-0.4, -0.2) is 12.1 Å². The molecule has 0 aromatic heterocycles. The zero-order valence-corrected chi connectivity index (χ0v) is 16.4. The van der Waals surface area contributed by atoms with Crippen molar-refractivity contribution in [3.8, 4) is 0 Å². The summed E-state index contributed by atoms with van der Waals surface area (Å²) in [5.41, 5.74) is 7.81. The highest BCUT2D eigenvalue weighted by molar-refractivity contribution is 5.75. The third-order valence-electron chi connectivity index (χ3n) is 6.53. The number of aryl methyl sites for hydroxylation is 2. The summed E-state index contributed by atoms with van der Waals surface area (Å²) in [6, 6.07) is 6.95. The minimum Gasteiger partial charge on any atom is -0.462 e. The molecule has 0 aliphatic heterocycles. The maximum absolute atomic E-state index is 11.5. The zero-order chi connectivity index (χ0) is 18.2. The van der Waals surface area contributed by atoms with Crippen LogP contribution in [0.25, 0.3) is 5.57 Å². The van der Waals surface area contributed by atoms with E-state index in [0.717, 1.165) is 19.3 Å². The molecule has 3 atom stereocenters. The van der Waals surface area contributed by atoms with E-state index >= 15 is 0 Å². The first kappa shape index (κ1) is 18.2. The summed E-state index contributed by atoms with van der Waals surface area (Å²) in [5, 5.41) is 0. The van der Waals surface area contributed by atoms with Gasteiger partial charge in [-0.05, 0) is 68.1 Å². The molecule has 4 rings (SSSR count). The highest BCUT2D eigenvalue weighted by Gasteiger charge is 2.52. The number of hydrogen-bond acceptors (Lipinski definition) is 2. The molecule has 0 bridgehead atoms. The summed E-state index contributed by atoms with van der Waals surface area (Å²) >= 11 is 0. The van der Waals surface area contributed by atoms with Crippen LogP contribution in [0.2, 0.25) is 0 Å². The van der Waals surface area contributed by atoms with Crippen molar-refractivity contribution in [3.63, 3.8) is 0 Å². The molecular formula is C23H32O2. The molecule has 1 saturated carbocycles. The van der Waals surface area contributed by atoms with E-state index in [2.05, 4.69) is 32.0 Å². The lowest BCUT2D eigenvalue weighted by Gasteiger charge is -2.44. The van der Waals surface area contributed by atoms with Crippen molar-refractivity contribution >= 4 is 11.5 Å². The summed E-state index contributed by atoms with van der Waals surface area (Å²) in [5.74, 6) is 0.478. The number of allylic oxidation sites excluding steroid dienone is 2. The number of carbonyl (C=O) groups excluding carboxylic acids is 1. The number of benzene rings is 1. The van der Waals surface area contributed by atoms with Crippen LogP contribution in [0.3, 0.4) is 0 Å². The van der Waals surface area contributed by atoms with E-state index in [-0.39, 0.29) is 17.5 Å². The number of ether oxygens (including phenoxy) is 1. The van der Waals surface area contributed by atoms with Crippen molar-refractivity contribution in [2.24, 2.45) is 11.3 Å². The molecule has 2 nitrogen and oxygen atoms in total. The smallest absolute Gasteiger partial charge is 0.302 e. The predicted octanol–water partition coefficient (Wildman–Crippen LogP) is 5.86. The van der Waals surface area contributed by atoms with Gasteiger partial charge in [-0.3, -0.25) is 4.79 Å². The van der Waals surface area contributed by atoms with Gasteiger partial charge >= 0.3 is 5.97 Å². The highest BCUT2D eigenvalue weighted by Crippen LogP contribution is 2.58. The van der Waals surface area contributed by atoms with Gasteiger partial charge in [-0.15, -0.1) is 0 Å². The number of hydrogen-bond donors (Lipinski definition) is 0. The molecule has 0 N–H and O–H groups in total. The van der Waals surface area contributed by atoms with E-state index in [1.54, 1.807) is 18.1 Å². The molecule has 3 aliphatic rings. The average molecular weight is 341 g/mol. The standard InChI is InChI=1S/C21H26O2.C2H6/c1-13-4-6-16-15(12-13)5-7-18-17(16)10-11-21(3)19(18)8-9-20(21)23-14(2)22;1-2/h4,6,12,19-20H,5,7-11H2,1-3H3;1-2H3/t19?,20-,21-;/m0./s1. The van der Waals surface area contributed by atoms with E-state index in [4.69, 9.17) is 4.74 Å². The molecule has 136 valence electrons. The molecule has 1 aromatic rings. The Kier molecular flexibility index (Phi) is 5.09. The quantitative estimate of drug-likeness (QED) is 0.598. The van der Waals surface area contributed by atoms with E-state index < -0.39 is 0 Å². The number of esters is 1. The second-order valence-electron chi connectivity index (χ2n) is 7.90. The van der Waals surface area contributed by atoms with E-state index in [0.29, 0.717) is 5.92 Å². The number of carbonyl (C=O) groups is 1. The Labute approximate surface area is 152 Å². The molecular weight excluding hydrogens is 308 g/mol. The summed E-state index contributed by atoms with van der Waals surface area (Å²) in [6.07, 6.45) is 6.95. The molecule has 1 aromatic carbocycles. The fraction of sp³-hybridized carbons (Fsp3) is 0.609. The highest BCUT2D eigenvalue weighted by atomic mass is 16.5. The van der Waals surface area contributed by atoms with Crippen molar-refractivity contribution in [1.82, 2.24) is 0 Å². The van der Waals surface area contributed by atoms with Crippen LogP contribution in [0.15, 0.2) is 23.8 Å². The number of fused-ring (bicyclic) bond motifs is 4. The number of rotatable bonds is 1. The molecule has 0 heterocycles. The Morgan fingerprint density at radius 1 is 1.16 bits per heavy atom. The predicted molar refractivity (Wildman–Crippen MR) is 103 cm³/mol. The van der Waals surface area contributed by atoms with Crippen LogP contribution in [0.1, 0.15) is 76.5 Å². The van der Waals surface area contributed by atoms with Gasteiger partial charge in [0.2, 0.25) is 0 Å². The van der Waals surface area contributed by atoms with Crippen LogP contribution in [0.5, 0.6) is 0 Å². The molecule has 0 radical (unpaired) electrons. The van der Waals surface area contributed by atoms with Gasteiger partial charge in [-0.1, -0.05) is 50.1 Å². The minimum absolute atomic E-state index is 0.110. The molecule has 1 fully saturated rings. The molecule has 1 unspecified atom stereocenters. The van der Waals surface area contributed by atoms with Gasteiger partial charge in [0.1, 0.15) is 6.10 Å². The maximum atomic E-state index is 11.5. The van der Waals surface area contributed by atoms with Crippen LogP contribution >= 0.6 is 0 Å². The van der Waals surface area contributed by atoms with E-state index in [1.165, 1.54) is 36.0 Å². The molecule has 3 aliphatic carbocycles. The third-order valence-corrected chi connectivity index (χ3v) is 6.53. The zero-order valence-electron chi connectivity index (χ0n) is 16.4.